The van der Waals surface area contributed by atoms with Gasteiger partial charge in [0.05, 0.1) is 17.9 Å². The van der Waals surface area contributed by atoms with Crippen LogP contribution in [0.1, 0.15) is 36.5 Å². The van der Waals surface area contributed by atoms with Crippen LogP contribution in [0.4, 0.5) is 10.2 Å². The number of aromatic nitrogens is 1. The molecule has 1 aliphatic carbocycles. The van der Waals surface area contributed by atoms with Crippen LogP contribution in [0.3, 0.4) is 0 Å². The molecular weight excluding hydrogens is 261 g/mol. The van der Waals surface area contributed by atoms with E-state index in [1.54, 1.807) is 7.11 Å². The third-order valence-electron chi connectivity index (χ3n) is 3.50. The first-order valence-corrected chi connectivity index (χ1v) is 6.87. The molecule has 0 aliphatic heterocycles. The SMILES string of the molecule is CCNc1ncc(F)cc1C(=O)NC1CCC(OC)C1. The van der Waals surface area contributed by atoms with Crippen LogP contribution < -0.4 is 10.6 Å². The molecule has 1 heterocycles. The Kier molecular flexibility index (Phi) is 4.89. The molecule has 1 aromatic rings. The number of nitrogens with zero attached hydrogens (tertiary/aromatic N) is 1. The summed E-state index contributed by atoms with van der Waals surface area (Å²) in [7, 11) is 1.68. The molecule has 2 N–H and O–H groups in total. The molecule has 1 fully saturated rings. The topological polar surface area (TPSA) is 63.2 Å². The highest BCUT2D eigenvalue weighted by molar-refractivity contribution is 5.98. The molecule has 1 aliphatic rings. The summed E-state index contributed by atoms with van der Waals surface area (Å²) in [5.41, 5.74) is 0.243. The van der Waals surface area contributed by atoms with E-state index in [-0.39, 0.29) is 23.6 Å². The summed E-state index contributed by atoms with van der Waals surface area (Å²) in [5, 5.41) is 5.89. The molecular formula is C14H20FN3O2. The lowest BCUT2D eigenvalue weighted by Crippen LogP contribution is -2.34. The number of carbonyl (C=O) groups is 1. The van der Waals surface area contributed by atoms with Gasteiger partial charge in [0.25, 0.3) is 5.91 Å². The molecule has 0 bridgehead atoms. The van der Waals surface area contributed by atoms with E-state index in [2.05, 4.69) is 15.6 Å². The molecule has 0 spiro atoms. The predicted octanol–water partition coefficient (Wildman–Crippen LogP) is 1.95. The number of rotatable bonds is 5. The molecule has 1 amide bonds. The Morgan fingerprint density at radius 1 is 1.55 bits per heavy atom. The summed E-state index contributed by atoms with van der Waals surface area (Å²) in [6.07, 6.45) is 3.90. The smallest absolute Gasteiger partial charge is 0.255 e. The van der Waals surface area contributed by atoms with E-state index in [1.165, 1.54) is 6.07 Å². The maximum atomic E-state index is 13.3. The molecule has 110 valence electrons. The lowest BCUT2D eigenvalue weighted by molar-refractivity contribution is 0.0915. The molecule has 0 radical (unpaired) electrons. The van der Waals surface area contributed by atoms with Crippen LogP contribution in [0, 0.1) is 5.82 Å². The van der Waals surface area contributed by atoms with Crippen molar-refractivity contribution in [3.05, 3.63) is 23.6 Å². The van der Waals surface area contributed by atoms with Crippen molar-refractivity contribution in [1.82, 2.24) is 10.3 Å². The van der Waals surface area contributed by atoms with Crippen molar-refractivity contribution in [3.8, 4) is 0 Å². The van der Waals surface area contributed by atoms with Gasteiger partial charge in [-0.25, -0.2) is 9.37 Å². The number of anilines is 1. The normalized spacial score (nSPS) is 21.8. The van der Waals surface area contributed by atoms with Crippen LogP contribution in [0.5, 0.6) is 0 Å². The van der Waals surface area contributed by atoms with Crippen LogP contribution in [0.15, 0.2) is 12.3 Å². The Hall–Kier alpha value is -1.69. The first kappa shape index (κ1) is 14.7. The lowest BCUT2D eigenvalue weighted by atomic mass is 10.2. The van der Waals surface area contributed by atoms with Gasteiger partial charge in [-0.15, -0.1) is 0 Å². The number of carbonyl (C=O) groups excluding carboxylic acids is 1. The van der Waals surface area contributed by atoms with Gasteiger partial charge in [0.15, 0.2) is 0 Å². The van der Waals surface area contributed by atoms with Crippen molar-refractivity contribution in [1.29, 1.82) is 0 Å². The number of amides is 1. The van der Waals surface area contributed by atoms with Gasteiger partial charge in [-0.05, 0) is 32.3 Å². The maximum absolute atomic E-state index is 13.3. The third kappa shape index (κ3) is 3.45. The zero-order chi connectivity index (χ0) is 14.5. The van der Waals surface area contributed by atoms with Gasteiger partial charge >= 0.3 is 0 Å². The van der Waals surface area contributed by atoms with Gasteiger partial charge in [-0.3, -0.25) is 4.79 Å². The van der Waals surface area contributed by atoms with E-state index in [0.29, 0.717) is 12.4 Å². The third-order valence-corrected chi connectivity index (χ3v) is 3.50. The summed E-state index contributed by atoms with van der Waals surface area (Å²) < 4.78 is 18.6. The number of ether oxygens (including phenoxy) is 1. The van der Waals surface area contributed by atoms with Gasteiger partial charge in [0.2, 0.25) is 0 Å². The number of hydrogen-bond acceptors (Lipinski definition) is 4. The zero-order valence-electron chi connectivity index (χ0n) is 11.8. The highest BCUT2D eigenvalue weighted by Crippen LogP contribution is 2.22. The van der Waals surface area contributed by atoms with Crippen molar-refractivity contribution < 1.29 is 13.9 Å². The standard InChI is InChI=1S/C14H20FN3O2/c1-3-16-13-12(6-9(15)8-17-13)14(19)18-10-4-5-11(7-10)20-2/h6,8,10-11H,3-5,7H2,1-2H3,(H,16,17)(H,18,19). The fraction of sp³-hybridized carbons (Fsp3) is 0.571. The monoisotopic (exact) mass is 281 g/mol. The quantitative estimate of drug-likeness (QED) is 0.866. The molecule has 6 heteroatoms. The summed E-state index contributed by atoms with van der Waals surface area (Å²) >= 11 is 0. The minimum atomic E-state index is -0.516. The summed E-state index contributed by atoms with van der Waals surface area (Å²) in [6, 6.07) is 1.29. The molecule has 20 heavy (non-hydrogen) atoms. The Morgan fingerprint density at radius 3 is 3.00 bits per heavy atom. The highest BCUT2D eigenvalue weighted by Gasteiger charge is 2.26. The Labute approximate surface area is 117 Å². The van der Waals surface area contributed by atoms with Gasteiger partial charge < -0.3 is 15.4 Å². The average Bonchev–Trinajstić information content (AvgIpc) is 2.88. The minimum Gasteiger partial charge on any atom is -0.381 e. The van der Waals surface area contributed by atoms with Crippen LogP contribution >= 0.6 is 0 Å². The predicted molar refractivity (Wildman–Crippen MR) is 74.3 cm³/mol. The molecule has 0 saturated heterocycles. The molecule has 2 unspecified atom stereocenters. The highest BCUT2D eigenvalue weighted by atomic mass is 19.1. The van der Waals surface area contributed by atoms with Gasteiger partial charge in [-0.1, -0.05) is 0 Å². The summed E-state index contributed by atoms with van der Waals surface area (Å²) in [5.74, 6) is -0.402. The molecule has 0 aromatic carbocycles. The Bertz CT molecular complexity index is 481. The number of pyridine rings is 1. The molecule has 2 rings (SSSR count). The molecule has 1 saturated carbocycles. The van der Waals surface area contributed by atoms with Crippen LogP contribution in [0.25, 0.3) is 0 Å². The number of halogens is 1. The van der Waals surface area contributed by atoms with Gasteiger partial charge in [0.1, 0.15) is 11.6 Å². The largest absolute Gasteiger partial charge is 0.381 e. The second kappa shape index (κ2) is 6.65. The van der Waals surface area contributed by atoms with Crippen molar-refractivity contribution in [2.24, 2.45) is 0 Å². The van der Waals surface area contributed by atoms with Crippen molar-refractivity contribution in [2.75, 3.05) is 19.0 Å². The van der Waals surface area contributed by atoms with Gasteiger partial charge in [-0.2, -0.15) is 0 Å². The van der Waals surface area contributed by atoms with Gasteiger partial charge in [0, 0.05) is 19.7 Å². The van der Waals surface area contributed by atoms with E-state index in [4.69, 9.17) is 4.74 Å². The molecule has 2 atom stereocenters. The van der Waals surface area contributed by atoms with E-state index >= 15 is 0 Å². The van der Waals surface area contributed by atoms with Crippen molar-refractivity contribution in [3.63, 3.8) is 0 Å². The van der Waals surface area contributed by atoms with Crippen LogP contribution in [-0.2, 0) is 4.74 Å². The van der Waals surface area contributed by atoms with Crippen molar-refractivity contribution in [2.45, 2.75) is 38.3 Å². The number of nitrogens with one attached hydrogen (secondary N) is 2. The second-order valence-electron chi connectivity index (χ2n) is 4.92. The number of hydrogen-bond donors (Lipinski definition) is 2. The molecule has 1 aromatic heterocycles. The summed E-state index contributed by atoms with van der Waals surface area (Å²) in [4.78, 5) is 16.2. The fourth-order valence-corrected chi connectivity index (χ4v) is 2.47. The Morgan fingerprint density at radius 2 is 2.35 bits per heavy atom. The van der Waals surface area contributed by atoms with Crippen LogP contribution in [-0.4, -0.2) is 36.7 Å². The second-order valence-corrected chi connectivity index (χ2v) is 4.92. The van der Waals surface area contributed by atoms with Crippen LogP contribution in [0.2, 0.25) is 0 Å². The zero-order valence-corrected chi connectivity index (χ0v) is 11.8. The van der Waals surface area contributed by atoms with Crippen molar-refractivity contribution >= 4 is 11.7 Å². The minimum absolute atomic E-state index is 0.0743. The van der Waals surface area contributed by atoms with E-state index in [9.17, 15) is 9.18 Å². The van der Waals surface area contributed by atoms with E-state index in [1.807, 2.05) is 6.92 Å². The fourth-order valence-electron chi connectivity index (χ4n) is 2.47. The lowest BCUT2D eigenvalue weighted by Gasteiger charge is -2.15. The van der Waals surface area contributed by atoms with E-state index in [0.717, 1.165) is 25.5 Å². The number of methoxy groups -OCH3 is 1. The Balaban J connectivity index is 2.07. The van der Waals surface area contributed by atoms with E-state index < -0.39 is 5.82 Å². The first-order valence-electron chi connectivity index (χ1n) is 6.87. The maximum Gasteiger partial charge on any atom is 0.255 e. The first-order chi connectivity index (χ1) is 9.63. The summed E-state index contributed by atoms with van der Waals surface area (Å²) in [6.45, 7) is 2.51. The molecule has 5 nitrogen and oxygen atoms in total. The average molecular weight is 281 g/mol.